The number of aryl methyl sites for hydroxylation is 1. The number of nitrogens with zero attached hydrogens (tertiary/aromatic N) is 2. The predicted molar refractivity (Wildman–Crippen MR) is 73.4 cm³/mol. The van der Waals surface area contributed by atoms with Crippen LogP contribution in [0.25, 0.3) is 0 Å². The quantitative estimate of drug-likeness (QED) is 0.756. The fraction of sp³-hybridized carbons (Fsp3) is 0.214. The molecule has 1 aromatic carbocycles. The fourth-order valence-corrected chi connectivity index (χ4v) is 1.86. The number of rotatable bonds is 3. The summed E-state index contributed by atoms with van der Waals surface area (Å²) in [4.78, 5) is 35.9. The van der Waals surface area contributed by atoms with Gasteiger partial charge in [0.05, 0.1) is 7.11 Å². The topological polar surface area (TPSA) is 70.3 Å². The van der Waals surface area contributed by atoms with Crippen molar-refractivity contribution in [2.24, 2.45) is 14.1 Å². The molecule has 0 N–H and O–H groups in total. The maximum absolute atomic E-state index is 12.3. The summed E-state index contributed by atoms with van der Waals surface area (Å²) in [5, 5.41) is 0. The monoisotopic (exact) mass is 274 g/mol. The molecular formula is C14H14N2O4. The summed E-state index contributed by atoms with van der Waals surface area (Å²) >= 11 is 0. The van der Waals surface area contributed by atoms with E-state index < -0.39 is 17.0 Å². The first kappa shape index (κ1) is 13.8. The standard InChI is InChI=1S/C14H14N2O4/c1-15-8-11(13(18)16(2)14(15)19)12(17)9-4-6-10(20-3)7-5-9/h4-8H,1-3H3. The van der Waals surface area contributed by atoms with Gasteiger partial charge in [-0.15, -0.1) is 0 Å². The Morgan fingerprint density at radius 2 is 1.70 bits per heavy atom. The molecule has 0 aliphatic carbocycles. The smallest absolute Gasteiger partial charge is 0.330 e. The lowest BCUT2D eigenvalue weighted by Gasteiger charge is -2.06. The SMILES string of the molecule is COc1ccc(C(=O)c2cn(C)c(=O)n(C)c2=O)cc1. The molecule has 104 valence electrons. The molecule has 0 radical (unpaired) electrons. The molecular weight excluding hydrogens is 260 g/mol. The van der Waals surface area contributed by atoms with Crippen LogP contribution in [0.3, 0.4) is 0 Å². The molecule has 0 bridgehead atoms. The number of ether oxygens (including phenoxy) is 1. The number of ketones is 1. The second-order valence-corrected chi connectivity index (χ2v) is 4.36. The van der Waals surface area contributed by atoms with Gasteiger partial charge in [0.25, 0.3) is 5.56 Å². The second kappa shape index (κ2) is 5.16. The van der Waals surface area contributed by atoms with Crippen molar-refractivity contribution in [1.29, 1.82) is 0 Å². The van der Waals surface area contributed by atoms with Gasteiger partial charge < -0.3 is 9.30 Å². The van der Waals surface area contributed by atoms with Crippen molar-refractivity contribution < 1.29 is 9.53 Å². The lowest BCUT2D eigenvalue weighted by Crippen LogP contribution is -2.39. The highest BCUT2D eigenvalue weighted by Gasteiger charge is 2.16. The molecule has 0 aliphatic rings. The van der Waals surface area contributed by atoms with Gasteiger partial charge in [-0.1, -0.05) is 0 Å². The lowest BCUT2D eigenvalue weighted by atomic mass is 10.1. The van der Waals surface area contributed by atoms with E-state index >= 15 is 0 Å². The average Bonchev–Trinajstić information content (AvgIpc) is 2.48. The van der Waals surface area contributed by atoms with Gasteiger partial charge in [0.1, 0.15) is 11.3 Å². The molecule has 0 unspecified atom stereocenters. The normalized spacial score (nSPS) is 10.3. The zero-order valence-electron chi connectivity index (χ0n) is 11.4. The van der Waals surface area contributed by atoms with Gasteiger partial charge in [-0.05, 0) is 24.3 Å². The number of aromatic nitrogens is 2. The van der Waals surface area contributed by atoms with Crippen LogP contribution in [0.5, 0.6) is 5.75 Å². The molecule has 0 aliphatic heterocycles. The molecule has 1 heterocycles. The van der Waals surface area contributed by atoms with Gasteiger partial charge in [0.2, 0.25) is 0 Å². The minimum atomic E-state index is -0.603. The van der Waals surface area contributed by atoms with Crippen molar-refractivity contribution in [2.45, 2.75) is 0 Å². The third-order valence-corrected chi connectivity index (χ3v) is 3.04. The van der Waals surface area contributed by atoms with Crippen LogP contribution in [0, 0.1) is 0 Å². The molecule has 1 aromatic heterocycles. The van der Waals surface area contributed by atoms with Crippen LogP contribution in [-0.2, 0) is 14.1 Å². The van der Waals surface area contributed by atoms with Gasteiger partial charge in [-0.2, -0.15) is 0 Å². The van der Waals surface area contributed by atoms with E-state index in [0.29, 0.717) is 11.3 Å². The summed E-state index contributed by atoms with van der Waals surface area (Å²) in [6.45, 7) is 0. The van der Waals surface area contributed by atoms with E-state index in [1.807, 2.05) is 0 Å². The molecule has 0 spiro atoms. The molecule has 6 nitrogen and oxygen atoms in total. The Bertz CT molecular complexity index is 769. The van der Waals surface area contributed by atoms with Crippen LogP contribution in [-0.4, -0.2) is 22.0 Å². The maximum Gasteiger partial charge on any atom is 0.330 e. The Morgan fingerprint density at radius 3 is 2.25 bits per heavy atom. The van der Waals surface area contributed by atoms with Crippen LogP contribution in [0.2, 0.25) is 0 Å². The molecule has 0 atom stereocenters. The molecule has 0 fully saturated rings. The Hall–Kier alpha value is -2.63. The van der Waals surface area contributed by atoms with Gasteiger partial charge in [0.15, 0.2) is 5.78 Å². The summed E-state index contributed by atoms with van der Waals surface area (Å²) < 4.78 is 7.13. The van der Waals surface area contributed by atoms with Crippen LogP contribution >= 0.6 is 0 Å². The van der Waals surface area contributed by atoms with Gasteiger partial charge in [0, 0.05) is 25.9 Å². The first-order valence-corrected chi connectivity index (χ1v) is 5.91. The van der Waals surface area contributed by atoms with E-state index in [1.165, 1.54) is 32.0 Å². The fourth-order valence-electron chi connectivity index (χ4n) is 1.86. The first-order valence-electron chi connectivity index (χ1n) is 5.91. The maximum atomic E-state index is 12.3. The van der Waals surface area contributed by atoms with Gasteiger partial charge in [-0.3, -0.25) is 14.2 Å². The molecule has 6 heteroatoms. The van der Waals surface area contributed by atoms with E-state index in [4.69, 9.17) is 4.74 Å². The zero-order valence-corrected chi connectivity index (χ0v) is 11.4. The lowest BCUT2D eigenvalue weighted by molar-refractivity contribution is 0.103. The largest absolute Gasteiger partial charge is 0.497 e. The molecule has 0 saturated heterocycles. The first-order chi connectivity index (χ1) is 9.45. The number of hydrogen-bond donors (Lipinski definition) is 0. The van der Waals surface area contributed by atoms with E-state index in [1.54, 1.807) is 24.3 Å². The summed E-state index contributed by atoms with van der Waals surface area (Å²) in [5.41, 5.74) is -0.753. The van der Waals surface area contributed by atoms with Crippen LogP contribution in [0.4, 0.5) is 0 Å². The molecule has 0 amide bonds. The molecule has 2 aromatic rings. The van der Waals surface area contributed by atoms with E-state index in [0.717, 1.165) is 4.57 Å². The summed E-state index contributed by atoms with van der Waals surface area (Å²) in [6, 6.07) is 6.43. The van der Waals surface area contributed by atoms with Crippen molar-refractivity contribution in [3.8, 4) is 5.75 Å². The Labute approximate surface area is 114 Å². The van der Waals surface area contributed by atoms with Crippen molar-refractivity contribution in [1.82, 2.24) is 9.13 Å². The van der Waals surface area contributed by atoms with Crippen molar-refractivity contribution in [3.05, 3.63) is 62.4 Å². The predicted octanol–water partition coefficient (Wildman–Crippen LogP) is 0.324. The second-order valence-electron chi connectivity index (χ2n) is 4.36. The highest BCUT2D eigenvalue weighted by atomic mass is 16.5. The molecule has 0 saturated carbocycles. The minimum absolute atomic E-state index is 0.0419. The minimum Gasteiger partial charge on any atom is -0.497 e. The van der Waals surface area contributed by atoms with Crippen LogP contribution < -0.4 is 16.0 Å². The number of methoxy groups -OCH3 is 1. The summed E-state index contributed by atoms with van der Waals surface area (Å²) in [7, 11) is 4.36. The van der Waals surface area contributed by atoms with Crippen molar-refractivity contribution in [3.63, 3.8) is 0 Å². The summed E-state index contributed by atoms with van der Waals surface area (Å²) in [6.07, 6.45) is 1.26. The third kappa shape index (κ3) is 2.27. The highest BCUT2D eigenvalue weighted by molar-refractivity contribution is 6.08. The van der Waals surface area contributed by atoms with E-state index in [2.05, 4.69) is 0 Å². The van der Waals surface area contributed by atoms with E-state index in [-0.39, 0.29) is 5.56 Å². The van der Waals surface area contributed by atoms with Gasteiger partial charge >= 0.3 is 5.69 Å². The van der Waals surface area contributed by atoms with Crippen molar-refractivity contribution >= 4 is 5.78 Å². The van der Waals surface area contributed by atoms with Crippen molar-refractivity contribution in [2.75, 3.05) is 7.11 Å². The highest BCUT2D eigenvalue weighted by Crippen LogP contribution is 2.13. The molecule has 2 rings (SSSR count). The Morgan fingerprint density at radius 1 is 1.10 bits per heavy atom. The average molecular weight is 274 g/mol. The number of carbonyl (C=O) groups excluding carboxylic acids is 1. The summed E-state index contributed by atoms with van der Waals surface area (Å²) in [5.74, 6) is 0.193. The van der Waals surface area contributed by atoms with Gasteiger partial charge in [-0.25, -0.2) is 4.79 Å². The Balaban J connectivity index is 2.53. The number of benzene rings is 1. The van der Waals surface area contributed by atoms with Crippen LogP contribution in [0.15, 0.2) is 40.1 Å². The zero-order chi connectivity index (χ0) is 14.9. The number of carbonyl (C=O) groups is 1. The van der Waals surface area contributed by atoms with Crippen LogP contribution in [0.1, 0.15) is 15.9 Å². The Kier molecular flexibility index (Phi) is 3.56. The van der Waals surface area contributed by atoms with E-state index in [9.17, 15) is 14.4 Å². The number of hydrogen-bond acceptors (Lipinski definition) is 4. The molecule has 20 heavy (non-hydrogen) atoms. The third-order valence-electron chi connectivity index (χ3n) is 3.04.